The standard InChI is InChI=1S/C18H20N2O3/c1-4-11-6-13-17(22)14(15-7-19-9-20-15)8-23-18(13)12(16(11)21)5-10(2)3/h6-10,21H,4-5H2,1-3H3,(H,19,20). The first-order chi connectivity index (χ1) is 11.0. The summed E-state index contributed by atoms with van der Waals surface area (Å²) in [6.45, 7) is 6.10. The quantitative estimate of drug-likeness (QED) is 0.770. The van der Waals surface area contributed by atoms with Crippen molar-refractivity contribution in [1.82, 2.24) is 9.97 Å². The Balaban J connectivity index is 2.33. The van der Waals surface area contributed by atoms with Gasteiger partial charge >= 0.3 is 0 Å². The smallest absolute Gasteiger partial charge is 0.202 e. The summed E-state index contributed by atoms with van der Waals surface area (Å²) in [6, 6.07) is 1.74. The van der Waals surface area contributed by atoms with Crippen LogP contribution in [0.15, 0.2) is 34.1 Å². The molecule has 0 fully saturated rings. The van der Waals surface area contributed by atoms with Gasteiger partial charge in [0.25, 0.3) is 0 Å². The third-order valence-electron chi connectivity index (χ3n) is 3.99. The van der Waals surface area contributed by atoms with Gasteiger partial charge in [0, 0.05) is 5.56 Å². The van der Waals surface area contributed by atoms with Crippen molar-refractivity contribution in [2.24, 2.45) is 5.92 Å². The van der Waals surface area contributed by atoms with Crippen molar-refractivity contribution in [3.63, 3.8) is 0 Å². The molecule has 0 spiro atoms. The van der Waals surface area contributed by atoms with Crippen LogP contribution in [-0.2, 0) is 12.8 Å². The molecule has 23 heavy (non-hydrogen) atoms. The second-order valence-electron chi connectivity index (χ2n) is 6.13. The molecule has 5 heteroatoms. The molecule has 5 nitrogen and oxygen atoms in total. The average Bonchev–Trinajstić information content (AvgIpc) is 3.04. The maximum atomic E-state index is 12.9. The third kappa shape index (κ3) is 2.63. The van der Waals surface area contributed by atoms with E-state index in [9.17, 15) is 9.90 Å². The van der Waals surface area contributed by atoms with Crippen LogP contribution in [-0.4, -0.2) is 15.1 Å². The molecule has 120 valence electrons. The highest BCUT2D eigenvalue weighted by atomic mass is 16.3. The van der Waals surface area contributed by atoms with Crippen LogP contribution in [0.1, 0.15) is 31.9 Å². The fraction of sp³-hybridized carbons (Fsp3) is 0.333. The van der Waals surface area contributed by atoms with Gasteiger partial charge in [-0.15, -0.1) is 0 Å². The fourth-order valence-electron chi connectivity index (χ4n) is 2.85. The zero-order valence-electron chi connectivity index (χ0n) is 13.5. The third-order valence-corrected chi connectivity index (χ3v) is 3.99. The Labute approximate surface area is 134 Å². The van der Waals surface area contributed by atoms with E-state index >= 15 is 0 Å². The van der Waals surface area contributed by atoms with E-state index in [4.69, 9.17) is 4.42 Å². The molecule has 2 N–H and O–H groups in total. The Kier molecular flexibility index (Phi) is 3.94. The summed E-state index contributed by atoms with van der Waals surface area (Å²) in [6.07, 6.45) is 5.86. The van der Waals surface area contributed by atoms with E-state index in [0.29, 0.717) is 46.5 Å². The number of rotatable bonds is 4. The number of nitrogens with one attached hydrogen (secondary N) is 1. The van der Waals surface area contributed by atoms with E-state index in [1.165, 1.54) is 12.6 Å². The molecular formula is C18H20N2O3. The van der Waals surface area contributed by atoms with Crippen LogP contribution in [0.4, 0.5) is 0 Å². The Morgan fingerprint density at radius 2 is 2.17 bits per heavy atom. The number of hydrogen-bond acceptors (Lipinski definition) is 4. The highest BCUT2D eigenvalue weighted by molar-refractivity contribution is 5.86. The van der Waals surface area contributed by atoms with Gasteiger partial charge in [-0.1, -0.05) is 20.8 Å². The van der Waals surface area contributed by atoms with Crippen LogP contribution in [0.5, 0.6) is 5.75 Å². The molecule has 3 rings (SSSR count). The SMILES string of the molecule is CCc1cc2c(=O)c(-c3cnc[nH]3)coc2c(CC(C)C)c1O. The summed E-state index contributed by atoms with van der Waals surface area (Å²) in [5, 5.41) is 11.0. The predicted octanol–water partition coefficient (Wildman–Crippen LogP) is 3.65. The summed E-state index contributed by atoms with van der Waals surface area (Å²) in [4.78, 5) is 19.7. The van der Waals surface area contributed by atoms with Crippen molar-refractivity contribution >= 4 is 11.0 Å². The van der Waals surface area contributed by atoms with Gasteiger partial charge in [-0.2, -0.15) is 0 Å². The minimum absolute atomic E-state index is 0.116. The molecule has 0 aliphatic carbocycles. The number of H-pyrrole nitrogens is 1. The zero-order chi connectivity index (χ0) is 16.6. The first kappa shape index (κ1) is 15.3. The molecule has 0 aliphatic heterocycles. The fourth-order valence-corrected chi connectivity index (χ4v) is 2.85. The van der Waals surface area contributed by atoms with Gasteiger partial charge < -0.3 is 14.5 Å². The second-order valence-corrected chi connectivity index (χ2v) is 6.13. The van der Waals surface area contributed by atoms with Crippen LogP contribution >= 0.6 is 0 Å². The number of fused-ring (bicyclic) bond motifs is 1. The number of phenolic OH excluding ortho intramolecular Hbond substituents is 1. The summed E-state index contributed by atoms with van der Waals surface area (Å²) < 4.78 is 5.75. The summed E-state index contributed by atoms with van der Waals surface area (Å²) in [7, 11) is 0. The van der Waals surface area contributed by atoms with E-state index in [1.54, 1.807) is 12.3 Å². The number of nitrogens with zero attached hydrogens (tertiary/aromatic N) is 1. The predicted molar refractivity (Wildman–Crippen MR) is 89.7 cm³/mol. The normalized spacial score (nSPS) is 11.5. The van der Waals surface area contributed by atoms with Crippen molar-refractivity contribution in [2.45, 2.75) is 33.6 Å². The molecule has 0 aliphatic rings. The number of aromatic hydroxyl groups is 1. The molecule has 1 aromatic carbocycles. The van der Waals surface area contributed by atoms with Crippen molar-refractivity contribution < 1.29 is 9.52 Å². The molecule has 0 atom stereocenters. The Morgan fingerprint density at radius 3 is 2.78 bits per heavy atom. The van der Waals surface area contributed by atoms with Gasteiger partial charge in [-0.05, 0) is 30.4 Å². The van der Waals surface area contributed by atoms with Crippen LogP contribution in [0.2, 0.25) is 0 Å². The molecule has 0 saturated heterocycles. The van der Waals surface area contributed by atoms with E-state index < -0.39 is 0 Å². The van der Waals surface area contributed by atoms with Gasteiger partial charge in [0.05, 0.1) is 29.2 Å². The molecule has 0 saturated carbocycles. The van der Waals surface area contributed by atoms with Crippen LogP contribution in [0.25, 0.3) is 22.2 Å². The monoisotopic (exact) mass is 312 g/mol. The van der Waals surface area contributed by atoms with Crippen molar-refractivity contribution in [1.29, 1.82) is 0 Å². The van der Waals surface area contributed by atoms with Crippen molar-refractivity contribution in [2.75, 3.05) is 0 Å². The summed E-state index contributed by atoms with van der Waals surface area (Å²) >= 11 is 0. The van der Waals surface area contributed by atoms with Crippen LogP contribution < -0.4 is 5.43 Å². The lowest BCUT2D eigenvalue weighted by Crippen LogP contribution is -2.08. The summed E-state index contributed by atoms with van der Waals surface area (Å²) in [5.74, 6) is 0.583. The first-order valence-corrected chi connectivity index (χ1v) is 7.80. The molecule has 3 aromatic rings. The van der Waals surface area contributed by atoms with Gasteiger partial charge in [0.2, 0.25) is 5.43 Å². The van der Waals surface area contributed by atoms with Crippen LogP contribution in [0, 0.1) is 5.92 Å². The lowest BCUT2D eigenvalue weighted by molar-refractivity contribution is 0.454. The number of hydrogen-bond donors (Lipinski definition) is 2. The topological polar surface area (TPSA) is 79.1 Å². The van der Waals surface area contributed by atoms with E-state index in [-0.39, 0.29) is 11.2 Å². The van der Waals surface area contributed by atoms with E-state index in [1.807, 2.05) is 6.92 Å². The lowest BCUT2D eigenvalue weighted by Gasteiger charge is -2.14. The van der Waals surface area contributed by atoms with Gasteiger partial charge in [0.1, 0.15) is 17.6 Å². The highest BCUT2D eigenvalue weighted by Gasteiger charge is 2.19. The first-order valence-electron chi connectivity index (χ1n) is 7.80. The van der Waals surface area contributed by atoms with E-state index in [0.717, 1.165) is 5.56 Å². The molecular weight excluding hydrogens is 292 g/mol. The minimum atomic E-state index is -0.116. The maximum Gasteiger partial charge on any atom is 0.202 e. The molecule has 2 heterocycles. The van der Waals surface area contributed by atoms with Crippen molar-refractivity contribution in [3.8, 4) is 17.0 Å². The van der Waals surface area contributed by atoms with Crippen LogP contribution in [0.3, 0.4) is 0 Å². The molecule has 0 radical (unpaired) electrons. The van der Waals surface area contributed by atoms with Gasteiger partial charge in [-0.3, -0.25) is 4.79 Å². The molecule has 2 aromatic heterocycles. The Bertz CT molecular complexity index is 893. The Morgan fingerprint density at radius 1 is 1.39 bits per heavy atom. The Hall–Kier alpha value is -2.56. The highest BCUT2D eigenvalue weighted by Crippen LogP contribution is 2.33. The zero-order valence-corrected chi connectivity index (χ0v) is 13.5. The summed E-state index contributed by atoms with van der Waals surface area (Å²) in [5.41, 5.74) is 2.90. The molecule has 0 bridgehead atoms. The maximum absolute atomic E-state index is 12.9. The van der Waals surface area contributed by atoms with Gasteiger partial charge in [0.15, 0.2) is 0 Å². The van der Waals surface area contributed by atoms with Gasteiger partial charge in [-0.25, -0.2) is 4.98 Å². The van der Waals surface area contributed by atoms with E-state index in [2.05, 4.69) is 23.8 Å². The second kappa shape index (κ2) is 5.91. The lowest BCUT2D eigenvalue weighted by atomic mass is 9.95. The molecule has 0 amide bonds. The van der Waals surface area contributed by atoms with Crippen molar-refractivity contribution in [3.05, 3.63) is 46.2 Å². The largest absolute Gasteiger partial charge is 0.507 e. The number of aromatic amines is 1. The number of aryl methyl sites for hydroxylation is 1. The number of phenols is 1. The number of benzene rings is 1. The number of aromatic nitrogens is 2. The molecule has 0 unspecified atom stereocenters. The number of imidazole rings is 1. The average molecular weight is 312 g/mol. The minimum Gasteiger partial charge on any atom is -0.507 e.